The fourth-order valence-electron chi connectivity index (χ4n) is 3.64. The van der Waals surface area contributed by atoms with E-state index in [1.54, 1.807) is 12.1 Å². The van der Waals surface area contributed by atoms with Crippen molar-refractivity contribution in [2.75, 3.05) is 18.4 Å². The molecule has 1 aromatic heterocycles. The molecule has 0 unspecified atom stereocenters. The molecule has 0 aliphatic carbocycles. The van der Waals surface area contributed by atoms with Gasteiger partial charge in [-0.3, -0.25) is 9.69 Å². The lowest BCUT2D eigenvalue weighted by atomic mass is 10.00. The first-order chi connectivity index (χ1) is 14.1. The van der Waals surface area contributed by atoms with Gasteiger partial charge in [-0.05, 0) is 49.2 Å². The molecule has 2 aromatic carbocycles. The third-order valence-corrected chi connectivity index (χ3v) is 5.79. The number of hydrogen-bond acceptors (Lipinski definition) is 5. The maximum absolute atomic E-state index is 13.2. The summed E-state index contributed by atoms with van der Waals surface area (Å²) in [4.78, 5) is 19.7. The molecule has 4 rings (SSSR count). The zero-order valence-electron chi connectivity index (χ0n) is 15.8. The number of β-amino-alcohol motifs (C(OH)–C–C–N with tert-alkyl or cyclic N) is 1. The monoisotopic (exact) mass is 411 g/mol. The summed E-state index contributed by atoms with van der Waals surface area (Å²) >= 11 is 1.33. The molecule has 1 amide bonds. The van der Waals surface area contributed by atoms with Crippen LogP contribution in [0.25, 0.3) is 11.3 Å². The van der Waals surface area contributed by atoms with Crippen molar-refractivity contribution in [2.24, 2.45) is 0 Å². The van der Waals surface area contributed by atoms with Crippen LogP contribution in [0.4, 0.5) is 9.52 Å². The van der Waals surface area contributed by atoms with Gasteiger partial charge in [-0.1, -0.05) is 30.3 Å². The van der Waals surface area contributed by atoms with Crippen LogP contribution in [0, 0.1) is 5.82 Å². The van der Waals surface area contributed by atoms with Gasteiger partial charge in [0.2, 0.25) is 5.91 Å². The molecule has 150 valence electrons. The molecule has 29 heavy (non-hydrogen) atoms. The number of halogens is 1. The first-order valence-corrected chi connectivity index (χ1v) is 10.5. The number of aliphatic hydroxyl groups is 1. The lowest BCUT2D eigenvalue weighted by molar-refractivity contribution is -0.122. The number of thiazole rings is 1. The highest BCUT2D eigenvalue weighted by Crippen LogP contribution is 2.29. The fourth-order valence-corrected chi connectivity index (χ4v) is 4.36. The van der Waals surface area contributed by atoms with Crippen molar-refractivity contribution in [1.29, 1.82) is 0 Å². The number of anilines is 1. The van der Waals surface area contributed by atoms with E-state index in [4.69, 9.17) is 0 Å². The summed E-state index contributed by atoms with van der Waals surface area (Å²) in [5.74, 6) is -0.475. The van der Waals surface area contributed by atoms with Crippen LogP contribution < -0.4 is 5.32 Å². The van der Waals surface area contributed by atoms with E-state index in [0.29, 0.717) is 17.4 Å². The Morgan fingerprint density at radius 3 is 2.69 bits per heavy atom. The van der Waals surface area contributed by atoms with Crippen LogP contribution in [-0.4, -0.2) is 40.1 Å². The van der Waals surface area contributed by atoms with Crippen molar-refractivity contribution >= 4 is 22.4 Å². The highest BCUT2D eigenvalue weighted by atomic mass is 32.1. The van der Waals surface area contributed by atoms with Crippen LogP contribution in [0.3, 0.4) is 0 Å². The molecule has 0 bridgehead atoms. The van der Waals surface area contributed by atoms with E-state index in [0.717, 1.165) is 30.5 Å². The number of likely N-dealkylation sites (tertiary alicyclic amines) is 1. The van der Waals surface area contributed by atoms with Gasteiger partial charge in [-0.25, -0.2) is 9.37 Å². The van der Waals surface area contributed by atoms with E-state index >= 15 is 0 Å². The SMILES string of the molecule is O=C(Nc1nc(-c2ccc(F)cc2)cs1)[C@@H](c1ccccc1)N1CCC[C@H](O)C1. The normalized spacial score (nSPS) is 18.3. The predicted molar refractivity (Wildman–Crippen MR) is 112 cm³/mol. The molecule has 0 saturated carbocycles. The number of hydrogen-bond donors (Lipinski definition) is 2. The Bertz CT molecular complexity index is 962. The molecule has 5 nitrogen and oxygen atoms in total. The molecular weight excluding hydrogens is 389 g/mol. The largest absolute Gasteiger partial charge is 0.392 e. The molecular formula is C22H22FN3O2S. The summed E-state index contributed by atoms with van der Waals surface area (Å²) in [6.07, 6.45) is 1.18. The average Bonchev–Trinajstić information content (AvgIpc) is 3.18. The third kappa shape index (κ3) is 4.70. The number of benzene rings is 2. The number of nitrogens with zero attached hydrogens (tertiary/aromatic N) is 2. The van der Waals surface area contributed by atoms with Gasteiger partial charge in [-0.2, -0.15) is 0 Å². The number of nitrogens with one attached hydrogen (secondary N) is 1. The zero-order valence-corrected chi connectivity index (χ0v) is 16.6. The Kier molecular flexibility index (Phi) is 5.99. The number of piperidine rings is 1. The molecule has 0 spiro atoms. The summed E-state index contributed by atoms with van der Waals surface area (Å²) in [5, 5.41) is 15.3. The Hall–Kier alpha value is -2.61. The van der Waals surface area contributed by atoms with Crippen molar-refractivity contribution in [3.63, 3.8) is 0 Å². The van der Waals surface area contributed by atoms with Gasteiger partial charge < -0.3 is 10.4 Å². The van der Waals surface area contributed by atoms with Gasteiger partial charge in [-0.15, -0.1) is 11.3 Å². The standard InChI is InChI=1S/C22H22FN3O2S/c23-17-10-8-15(9-11-17)19-14-29-22(24-19)25-21(28)20(16-5-2-1-3-6-16)26-12-4-7-18(27)13-26/h1-3,5-6,8-11,14,18,20,27H,4,7,12-13H2,(H,24,25,28)/t18-,20+/m0/s1. The molecule has 1 aliphatic rings. The minimum absolute atomic E-state index is 0.176. The molecule has 2 heterocycles. The van der Waals surface area contributed by atoms with Gasteiger partial charge in [0.25, 0.3) is 0 Å². The average molecular weight is 412 g/mol. The molecule has 1 fully saturated rings. The summed E-state index contributed by atoms with van der Waals surface area (Å²) < 4.78 is 13.1. The van der Waals surface area contributed by atoms with E-state index in [9.17, 15) is 14.3 Å². The maximum Gasteiger partial charge on any atom is 0.248 e. The van der Waals surface area contributed by atoms with E-state index < -0.39 is 12.1 Å². The Labute approximate surface area is 172 Å². The summed E-state index contributed by atoms with van der Waals surface area (Å²) in [7, 11) is 0. The Morgan fingerprint density at radius 2 is 1.97 bits per heavy atom. The molecule has 0 radical (unpaired) electrons. The quantitative estimate of drug-likeness (QED) is 0.664. The van der Waals surface area contributed by atoms with Gasteiger partial charge in [0, 0.05) is 17.5 Å². The summed E-state index contributed by atoms with van der Waals surface area (Å²) in [6, 6.07) is 15.2. The smallest absolute Gasteiger partial charge is 0.248 e. The molecule has 1 saturated heterocycles. The van der Waals surface area contributed by atoms with Crippen molar-refractivity contribution in [3.05, 3.63) is 71.4 Å². The highest BCUT2D eigenvalue weighted by Gasteiger charge is 2.31. The van der Waals surface area contributed by atoms with Crippen molar-refractivity contribution in [1.82, 2.24) is 9.88 Å². The second-order valence-electron chi connectivity index (χ2n) is 7.14. The number of carbonyl (C=O) groups excluding carboxylic acids is 1. The Morgan fingerprint density at radius 1 is 1.21 bits per heavy atom. The van der Waals surface area contributed by atoms with E-state index in [1.807, 2.05) is 40.6 Å². The summed E-state index contributed by atoms with van der Waals surface area (Å²) in [5.41, 5.74) is 2.37. The zero-order chi connectivity index (χ0) is 20.2. The molecule has 1 aliphatic heterocycles. The lowest BCUT2D eigenvalue weighted by Gasteiger charge is -2.35. The second kappa shape index (κ2) is 8.82. The van der Waals surface area contributed by atoms with E-state index in [-0.39, 0.29) is 11.7 Å². The molecule has 2 N–H and O–H groups in total. The van der Waals surface area contributed by atoms with Crippen molar-refractivity contribution in [3.8, 4) is 11.3 Å². The van der Waals surface area contributed by atoms with Crippen molar-refractivity contribution in [2.45, 2.75) is 25.0 Å². The number of rotatable bonds is 5. The minimum Gasteiger partial charge on any atom is -0.392 e. The van der Waals surface area contributed by atoms with Gasteiger partial charge in [0.1, 0.15) is 11.9 Å². The molecule has 3 aromatic rings. The topological polar surface area (TPSA) is 65.5 Å². The molecule has 7 heteroatoms. The van der Waals surface area contributed by atoms with Crippen LogP contribution >= 0.6 is 11.3 Å². The van der Waals surface area contributed by atoms with Crippen LogP contribution in [0.15, 0.2) is 60.0 Å². The predicted octanol–water partition coefficient (Wildman–Crippen LogP) is 4.09. The lowest BCUT2D eigenvalue weighted by Crippen LogP contribution is -2.44. The van der Waals surface area contributed by atoms with Gasteiger partial charge >= 0.3 is 0 Å². The van der Waals surface area contributed by atoms with Gasteiger partial charge in [0.05, 0.1) is 11.8 Å². The van der Waals surface area contributed by atoms with Crippen LogP contribution in [0.1, 0.15) is 24.4 Å². The first kappa shape index (κ1) is 19.7. The van der Waals surface area contributed by atoms with E-state index in [2.05, 4.69) is 10.3 Å². The number of carbonyl (C=O) groups is 1. The highest BCUT2D eigenvalue weighted by molar-refractivity contribution is 7.14. The third-order valence-electron chi connectivity index (χ3n) is 5.03. The maximum atomic E-state index is 13.2. The minimum atomic E-state index is -0.496. The van der Waals surface area contributed by atoms with Crippen LogP contribution in [0.5, 0.6) is 0 Å². The van der Waals surface area contributed by atoms with Crippen LogP contribution in [-0.2, 0) is 4.79 Å². The number of aromatic nitrogens is 1. The number of amides is 1. The molecule has 2 atom stereocenters. The number of aliphatic hydroxyl groups excluding tert-OH is 1. The second-order valence-corrected chi connectivity index (χ2v) is 8.00. The van der Waals surface area contributed by atoms with Gasteiger partial charge in [0.15, 0.2) is 5.13 Å². The Balaban J connectivity index is 1.54. The summed E-state index contributed by atoms with van der Waals surface area (Å²) in [6.45, 7) is 1.22. The van der Waals surface area contributed by atoms with Crippen LogP contribution in [0.2, 0.25) is 0 Å². The fraction of sp³-hybridized carbons (Fsp3) is 0.273. The first-order valence-electron chi connectivity index (χ1n) is 9.59. The van der Waals surface area contributed by atoms with E-state index in [1.165, 1.54) is 23.5 Å². The van der Waals surface area contributed by atoms with Crippen molar-refractivity contribution < 1.29 is 14.3 Å².